The van der Waals surface area contributed by atoms with Crippen molar-refractivity contribution in [3.05, 3.63) is 0 Å². The summed E-state index contributed by atoms with van der Waals surface area (Å²) in [5.41, 5.74) is 10.5. The molecule has 0 radical (unpaired) electrons. The van der Waals surface area contributed by atoms with Crippen LogP contribution >= 0.6 is 12.6 Å². The van der Waals surface area contributed by atoms with Crippen molar-refractivity contribution in [2.75, 3.05) is 0 Å². The van der Waals surface area contributed by atoms with Crippen LogP contribution in [0.25, 0.3) is 0 Å². The summed E-state index contributed by atoms with van der Waals surface area (Å²) in [6.45, 7) is 0. The Morgan fingerprint density at radius 3 is 1.57 bits per heavy atom. The minimum Gasteiger partial charge on any atom is -0.480 e. The molecule has 6 N–H and O–H groups in total. The van der Waals surface area contributed by atoms with Crippen LogP contribution in [0.5, 0.6) is 0 Å². The lowest BCUT2D eigenvalue weighted by atomic mass is 10.1. The quantitative estimate of drug-likeness (QED) is 0.363. The minimum atomic E-state index is -1.13. The highest BCUT2D eigenvalue weighted by atomic mass is 32.1. The number of hydrogen-bond donors (Lipinski definition) is 5. The molecule has 82 valence electrons. The van der Waals surface area contributed by atoms with Crippen LogP contribution in [-0.4, -0.2) is 39.5 Å². The van der Waals surface area contributed by atoms with Crippen molar-refractivity contribution in [1.29, 1.82) is 0 Å². The first kappa shape index (κ1) is 13.2. The van der Waals surface area contributed by atoms with E-state index in [2.05, 4.69) is 12.6 Å². The number of hydrogen-bond acceptors (Lipinski definition) is 5. The number of carboxylic acid groups (broad SMARTS) is 2. The maximum Gasteiger partial charge on any atom is 0.320 e. The van der Waals surface area contributed by atoms with E-state index in [1.807, 2.05) is 0 Å². The highest BCUT2D eigenvalue weighted by Gasteiger charge is 2.20. The average molecular weight is 222 g/mol. The molecule has 14 heavy (non-hydrogen) atoms. The molecule has 0 spiro atoms. The lowest BCUT2D eigenvalue weighted by Crippen LogP contribution is -2.37. The van der Waals surface area contributed by atoms with Crippen molar-refractivity contribution in [2.24, 2.45) is 11.5 Å². The molecule has 0 amide bonds. The smallest absolute Gasteiger partial charge is 0.320 e. The normalized spacial score (nSPS) is 17.1. The number of rotatable bonds is 6. The summed E-state index contributed by atoms with van der Waals surface area (Å²) in [4.78, 5) is 20.7. The van der Waals surface area contributed by atoms with Gasteiger partial charge in [-0.05, 0) is 12.8 Å². The zero-order valence-electron chi connectivity index (χ0n) is 7.46. The van der Waals surface area contributed by atoms with Crippen molar-refractivity contribution in [1.82, 2.24) is 0 Å². The molecular formula is C7H14N2O4S. The van der Waals surface area contributed by atoms with Crippen LogP contribution in [0.1, 0.15) is 12.8 Å². The van der Waals surface area contributed by atoms with E-state index in [9.17, 15) is 9.59 Å². The van der Waals surface area contributed by atoms with E-state index < -0.39 is 29.3 Å². The van der Waals surface area contributed by atoms with Gasteiger partial charge in [0.2, 0.25) is 0 Å². The second-order valence-corrected chi connectivity index (χ2v) is 3.74. The summed E-state index contributed by atoms with van der Waals surface area (Å²) in [5, 5.41) is 16.5. The van der Waals surface area contributed by atoms with E-state index in [1.54, 1.807) is 0 Å². The molecule has 0 aliphatic heterocycles. The molecule has 7 heteroatoms. The first-order chi connectivity index (χ1) is 6.34. The maximum atomic E-state index is 10.3. The second kappa shape index (κ2) is 5.84. The van der Waals surface area contributed by atoms with Crippen molar-refractivity contribution >= 4 is 24.6 Å². The maximum absolute atomic E-state index is 10.3. The van der Waals surface area contributed by atoms with Gasteiger partial charge >= 0.3 is 11.9 Å². The largest absolute Gasteiger partial charge is 0.480 e. The number of aliphatic carboxylic acids is 2. The van der Waals surface area contributed by atoms with Crippen molar-refractivity contribution in [3.8, 4) is 0 Å². The Morgan fingerprint density at radius 2 is 1.36 bits per heavy atom. The summed E-state index contributed by atoms with van der Waals surface area (Å²) in [6, 6.07) is -2.06. The monoisotopic (exact) mass is 222 g/mol. The van der Waals surface area contributed by atoms with Gasteiger partial charge in [0.1, 0.15) is 12.1 Å². The van der Waals surface area contributed by atoms with Crippen LogP contribution in [0.2, 0.25) is 0 Å². The van der Waals surface area contributed by atoms with E-state index in [0.29, 0.717) is 0 Å². The Labute approximate surface area is 86.7 Å². The Bertz CT molecular complexity index is 202. The third-order valence-corrected chi connectivity index (χ3v) is 2.11. The Morgan fingerprint density at radius 1 is 1.07 bits per heavy atom. The van der Waals surface area contributed by atoms with Gasteiger partial charge in [-0.3, -0.25) is 9.59 Å². The van der Waals surface area contributed by atoms with Crippen LogP contribution < -0.4 is 11.5 Å². The van der Waals surface area contributed by atoms with E-state index in [4.69, 9.17) is 21.7 Å². The topological polar surface area (TPSA) is 127 Å². The van der Waals surface area contributed by atoms with Gasteiger partial charge in [-0.1, -0.05) is 0 Å². The molecule has 0 bridgehead atoms. The van der Waals surface area contributed by atoms with Crippen LogP contribution in [0.15, 0.2) is 0 Å². The Kier molecular flexibility index (Phi) is 5.51. The lowest BCUT2D eigenvalue weighted by molar-refractivity contribution is -0.139. The zero-order valence-corrected chi connectivity index (χ0v) is 8.35. The molecular weight excluding hydrogens is 208 g/mol. The third kappa shape index (κ3) is 5.05. The van der Waals surface area contributed by atoms with Gasteiger partial charge in [0.15, 0.2) is 0 Å². The highest BCUT2D eigenvalue weighted by molar-refractivity contribution is 7.80. The van der Waals surface area contributed by atoms with Crippen LogP contribution in [0.4, 0.5) is 0 Å². The standard InChI is InChI=1S/C7H14N2O4S/c8-4(6(10)11)1-3(14)2-5(9)7(12)13/h3-5,14H,1-2,8-9H2,(H,10,11)(H,12,13). The number of nitrogens with two attached hydrogens (primary N) is 2. The van der Waals surface area contributed by atoms with Crippen LogP contribution in [0, 0.1) is 0 Å². The molecule has 0 aromatic rings. The third-order valence-electron chi connectivity index (χ3n) is 1.69. The van der Waals surface area contributed by atoms with E-state index in [0.717, 1.165) is 0 Å². The molecule has 0 aliphatic carbocycles. The average Bonchev–Trinajstić information content (AvgIpc) is 2.03. The fourth-order valence-electron chi connectivity index (χ4n) is 0.884. The molecule has 0 fully saturated rings. The zero-order chi connectivity index (χ0) is 11.3. The molecule has 2 atom stereocenters. The van der Waals surface area contributed by atoms with Crippen LogP contribution in [0.3, 0.4) is 0 Å². The van der Waals surface area contributed by atoms with Gasteiger partial charge in [0.05, 0.1) is 0 Å². The summed E-state index contributed by atoms with van der Waals surface area (Å²) < 4.78 is 0. The molecule has 0 rings (SSSR count). The van der Waals surface area contributed by atoms with E-state index in [-0.39, 0.29) is 12.8 Å². The minimum absolute atomic E-state index is 0.0967. The molecule has 0 aliphatic rings. The fourth-order valence-corrected chi connectivity index (χ4v) is 1.34. The molecule has 0 saturated heterocycles. The summed E-state index contributed by atoms with van der Waals surface area (Å²) in [6.07, 6.45) is 0.193. The molecule has 6 nitrogen and oxygen atoms in total. The summed E-state index contributed by atoms with van der Waals surface area (Å²) in [5.74, 6) is -2.26. The first-order valence-electron chi connectivity index (χ1n) is 3.99. The molecule has 2 unspecified atom stereocenters. The lowest BCUT2D eigenvalue weighted by Gasteiger charge is -2.15. The predicted octanol–water partition coefficient (Wildman–Crippen LogP) is -1.11. The number of carboxylic acids is 2. The van der Waals surface area contributed by atoms with Gasteiger partial charge in [0, 0.05) is 5.25 Å². The molecule has 0 aromatic carbocycles. The first-order valence-corrected chi connectivity index (χ1v) is 4.51. The highest BCUT2D eigenvalue weighted by Crippen LogP contribution is 2.10. The predicted molar refractivity (Wildman–Crippen MR) is 53.2 cm³/mol. The Hall–Kier alpha value is -0.790. The van der Waals surface area contributed by atoms with Crippen LogP contribution in [-0.2, 0) is 9.59 Å². The van der Waals surface area contributed by atoms with Gasteiger partial charge in [-0.25, -0.2) is 0 Å². The number of thiol groups is 1. The molecule has 0 saturated carbocycles. The molecule has 0 aromatic heterocycles. The summed E-state index contributed by atoms with van der Waals surface area (Å²) >= 11 is 4.01. The van der Waals surface area contributed by atoms with Crippen molar-refractivity contribution < 1.29 is 19.8 Å². The van der Waals surface area contributed by atoms with Crippen molar-refractivity contribution in [3.63, 3.8) is 0 Å². The molecule has 0 heterocycles. The van der Waals surface area contributed by atoms with Gasteiger partial charge < -0.3 is 21.7 Å². The summed E-state index contributed by atoms with van der Waals surface area (Å²) in [7, 11) is 0. The van der Waals surface area contributed by atoms with Crippen molar-refractivity contribution in [2.45, 2.75) is 30.2 Å². The van der Waals surface area contributed by atoms with Gasteiger partial charge in [-0.2, -0.15) is 12.6 Å². The number of carbonyl (C=O) groups is 2. The van der Waals surface area contributed by atoms with Gasteiger partial charge in [-0.15, -0.1) is 0 Å². The van der Waals surface area contributed by atoms with E-state index in [1.165, 1.54) is 0 Å². The fraction of sp³-hybridized carbons (Fsp3) is 0.714. The van der Waals surface area contributed by atoms with Gasteiger partial charge in [0.25, 0.3) is 0 Å². The van der Waals surface area contributed by atoms with E-state index >= 15 is 0 Å². The SMILES string of the molecule is NC(CC(S)CC(N)C(=O)O)C(=O)O. The second-order valence-electron chi connectivity index (χ2n) is 3.01. The Balaban J connectivity index is 3.92.